The Hall–Kier alpha value is -1.58. The Bertz CT molecular complexity index is 1120. The predicted octanol–water partition coefficient (Wildman–Crippen LogP) is 6.19. The quantitative estimate of drug-likeness (QED) is 0.256. The van der Waals surface area contributed by atoms with Gasteiger partial charge in [-0.15, -0.1) is 0 Å². The van der Waals surface area contributed by atoms with E-state index in [-0.39, 0.29) is 27.3 Å². The summed E-state index contributed by atoms with van der Waals surface area (Å²) in [5.41, 5.74) is 11.6. The van der Waals surface area contributed by atoms with E-state index >= 15 is 0 Å². The number of hydrogen-bond donors (Lipinski definition) is 1. The summed E-state index contributed by atoms with van der Waals surface area (Å²) in [6.07, 6.45) is 1.77. The number of amides is 1. The number of rotatable bonds is 4. The summed E-state index contributed by atoms with van der Waals surface area (Å²) in [5, 5.41) is 0. The highest BCUT2D eigenvalue weighted by molar-refractivity contribution is 14.1. The Labute approximate surface area is 227 Å². The predicted molar refractivity (Wildman–Crippen MR) is 149 cm³/mol. The molecule has 7 heteroatoms. The molecule has 196 valence electrons. The molecule has 4 nitrogen and oxygen atoms in total. The SMILES string of the molecule is Cc1cc(C2CCN(C(=O)[C@@H]3CN(C(C)(C)C)C[C@H]3c3ccc(F)cc3F)CC2)c([C@@H](N)I)cc1C. The van der Waals surface area contributed by atoms with Gasteiger partial charge in [0.15, 0.2) is 0 Å². The van der Waals surface area contributed by atoms with E-state index in [1.807, 2.05) is 4.90 Å². The van der Waals surface area contributed by atoms with Gasteiger partial charge in [-0.25, -0.2) is 8.78 Å². The number of carbonyl (C=O) groups is 1. The van der Waals surface area contributed by atoms with Crippen molar-refractivity contribution in [1.29, 1.82) is 0 Å². The molecular weight excluding hydrogens is 571 g/mol. The van der Waals surface area contributed by atoms with E-state index in [0.717, 1.165) is 18.9 Å². The van der Waals surface area contributed by atoms with Gasteiger partial charge in [0.1, 0.15) is 11.6 Å². The van der Waals surface area contributed by atoms with Crippen LogP contribution in [0.3, 0.4) is 0 Å². The number of piperidine rings is 1. The molecule has 36 heavy (non-hydrogen) atoms. The van der Waals surface area contributed by atoms with Crippen LogP contribution >= 0.6 is 22.6 Å². The maximum Gasteiger partial charge on any atom is 0.227 e. The van der Waals surface area contributed by atoms with Crippen LogP contribution in [0, 0.1) is 31.4 Å². The smallest absolute Gasteiger partial charge is 0.227 e. The summed E-state index contributed by atoms with van der Waals surface area (Å²) in [7, 11) is 0. The molecule has 3 atom stereocenters. The van der Waals surface area contributed by atoms with Crippen LogP contribution in [-0.2, 0) is 4.79 Å². The van der Waals surface area contributed by atoms with E-state index in [0.29, 0.717) is 37.7 Å². The van der Waals surface area contributed by atoms with Crippen molar-refractivity contribution in [3.63, 3.8) is 0 Å². The fourth-order valence-electron chi connectivity index (χ4n) is 5.82. The molecule has 2 fully saturated rings. The van der Waals surface area contributed by atoms with Crippen molar-refractivity contribution in [2.24, 2.45) is 11.7 Å². The highest BCUT2D eigenvalue weighted by atomic mass is 127. The van der Waals surface area contributed by atoms with E-state index < -0.39 is 11.6 Å². The second kappa shape index (κ2) is 10.7. The number of nitrogens with zero attached hydrogens (tertiary/aromatic N) is 2. The van der Waals surface area contributed by atoms with E-state index in [4.69, 9.17) is 5.73 Å². The first-order valence-electron chi connectivity index (χ1n) is 12.9. The van der Waals surface area contributed by atoms with Gasteiger partial charge in [0.05, 0.1) is 9.97 Å². The summed E-state index contributed by atoms with van der Waals surface area (Å²) in [6, 6.07) is 8.23. The van der Waals surface area contributed by atoms with Crippen molar-refractivity contribution in [2.45, 2.75) is 68.9 Å². The molecule has 0 aromatic heterocycles. The van der Waals surface area contributed by atoms with Crippen molar-refractivity contribution in [1.82, 2.24) is 9.80 Å². The van der Waals surface area contributed by atoms with Gasteiger partial charge in [-0.3, -0.25) is 9.69 Å². The molecule has 2 aliphatic rings. The fourth-order valence-corrected chi connectivity index (χ4v) is 6.36. The molecule has 2 aliphatic heterocycles. The molecule has 4 rings (SSSR count). The molecule has 1 amide bonds. The summed E-state index contributed by atoms with van der Waals surface area (Å²) in [5.74, 6) is -1.35. The van der Waals surface area contributed by atoms with E-state index in [1.165, 1.54) is 34.4 Å². The molecule has 0 aliphatic carbocycles. The molecule has 2 saturated heterocycles. The number of benzene rings is 2. The van der Waals surface area contributed by atoms with Gasteiger partial charge in [-0.05, 0) is 87.3 Å². The van der Waals surface area contributed by atoms with Crippen LogP contribution in [0.15, 0.2) is 30.3 Å². The molecule has 0 radical (unpaired) electrons. The van der Waals surface area contributed by atoms with Gasteiger partial charge in [0.25, 0.3) is 0 Å². The van der Waals surface area contributed by atoms with Crippen molar-refractivity contribution in [3.8, 4) is 0 Å². The van der Waals surface area contributed by atoms with E-state index in [9.17, 15) is 13.6 Å². The third-order valence-corrected chi connectivity index (χ3v) is 8.86. The van der Waals surface area contributed by atoms with Gasteiger partial charge in [0, 0.05) is 43.7 Å². The van der Waals surface area contributed by atoms with Crippen LogP contribution in [0.25, 0.3) is 0 Å². The van der Waals surface area contributed by atoms with Crippen LogP contribution in [0.5, 0.6) is 0 Å². The topological polar surface area (TPSA) is 49.6 Å². The average Bonchev–Trinajstić information content (AvgIpc) is 3.26. The second-order valence-corrected chi connectivity index (χ2v) is 12.9. The number of likely N-dealkylation sites (tertiary alicyclic amines) is 2. The first-order chi connectivity index (χ1) is 16.9. The molecule has 2 N–H and O–H groups in total. The lowest BCUT2D eigenvalue weighted by Crippen LogP contribution is -2.44. The summed E-state index contributed by atoms with van der Waals surface area (Å²) < 4.78 is 28.4. The van der Waals surface area contributed by atoms with Gasteiger partial charge in [0.2, 0.25) is 5.91 Å². The van der Waals surface area contributed by atoms with Crippen LogP contribution in [-0.4, -0.2) is 47.4 Å². The van der Waals surface area contributed by atoms with Crippen LogP contribution in [0.1, 0.15) is 77.3 Å². The Morgan fingerprint density at radius 2 is 1.67 bits per heavy atom. The lowest BCUT2D eigenvalue weighted by Gasteiger charge is -2.36. The average molecular weight is 610 g/mol. The van der Waals surface area contributed by atoms with Crippen LogP contribution in [0.4, 0.5) is 8.78 Å². The summed E-state index contributed by atoms with van der Waals surface area (Å²) in [4.78, 5) is 18.0. The third-order valence-electron chi connectivity index (χ3n) is 8.19. The first-order valence-corrected chi connectivity index (χ1v) is 14.1. The molecule has 0 spiro atoms. The molecule has 2 aromatic rings. The second-order valence-electron chi connectivity index (χ2n) is 11.5. The summed E-state index contributed by atoms with van der Waals surface area (Å²) >= 11 is 2.27. The van der Waals surface area contributed by atoms with E-state index in [1.54, 1.807) is 0 Å². The standard InChI is InChI=1S/C29H38F2IN3O/c1-17-12-22(23(27(32)33)13-18(17)2)19-8-10-34(11-9-19)28(36)25-16-35(29(3,4)5)15-24(25)21-7-6-20(30)14-26(21)31/h6-7,12-14,19,24-25,27H,8-11,15-16,33H2,1-5H3/t24-,25+,27+/m0/s1. The first kappa shape index (κ1) is 27.5. The molecule has 2 aromatic carbocycles. The van der Waals surface area contributed by atoms with Gasteiger partial charge in [-0.1, -0.05) is 40.8 Å². The Morgan fingerprint density at radius 3 is 2.25 bits per heavy atom. The monoisotopic (exact) mass is 609 g/mol. The Balaban J connectivity index is 1.53. The fraction of sp³-hybridized carbons (Fsp3) is 0.552. The number of carbonyl (C=O) groups excluding carboxylic acids is 1. The number of aryl methyl sites for hydroxylation is 2. The third kappa shape index (κ3) is 5.63. The van der Waals surface area contributed by atoms with E-state index in [2.05, 4.69) is 74.2 Å². The van der Waals surface area contributed by atoms with Gasteiger partial charge < -0.3 is 10.6 Å². The lowest BCUT2D eigenvalue weighted by molar-refractivity contribution is -0.136. The molecule has 0 bridgehead atoms. The largest absolute Gasteiger partial charge is 0.342 e. The Kier molecular flexibility index (Phi) is 8.12. The zero-order chi connectivity index (χ0) is 26.4. The highest BCUT2D eigenvalue weighted by Gasteiger charge is 2.44. The van der Waals surface area contributed by atoms with Crippen molar-refractivity contribution in [2.75, 3.05) is 26.2 Å². The maximum atomic E-state index is 14.8. The van der Waals surface area contributed by atoms with Crippen molar-refractivity contribution in [3.05, 3.63) is 69.8 Å². The van der Waals surface area contributed by atoms with Gasteiger partial charge >= 0.3 is 0 Å². The number of nitrogens with two attached hydrogens (primary N) is 1. The highest BCUT2D eigenvalue weighted by Crippen LogP contribution is 2.40. The minimum Gasteiger partial charge on any atom is -0.342 e. The van der Waals surface area contributed by atoms with Gasteiger partial charge in [-0.2, -0.15) is 0 Å². The lowest BCUT2D eigenvalue weighted by atomic mass is 9.83. The van der Waals surface area contributed by atoms with Crippen LogP contribution in [0.2, 0.25) is 0 Å². The Morgan fingerprint density at radius 1 is 1.03 bits per heavy atom. The van der Waals surface area contributed by atoms with Crippen molar-refractivity contribution >= 4 is 28.5 Å². The zero-order valence-electron chi connectivity index (χ0n) is 22.0. The maximum absolute atomic E-state index is 14.8. The minimum atomic E-state index is -0.594. The number of alkyl halides is 1. The molecule has 0 saturated carbocycles. The minimum absolute atomic E-state index is 0.0650. The number of hydrogen-bond acceptors (Lipinski definition) is 3. The molecule has 2 heterocycles. The van der Waals surface area contributed by atoms with Crippen LogP contribution < -0.4 is 5.73 Å². The molecule has 0 unspecified atom stereocenters. The summed E-state index contributed by atoms with van der Waals surface area (Å²) in [6.45, 7) is 13.1. The zero-order valence-corrected chi connectivity index (χ0v) is 24.1. The van der Waals surface area contributed by atoms with Crippen molar-refractivity contribution < 1.29 is 13.6 Å². The number of halogens is 3. The normalized spacial score (nSPS) is 22.8. The molecular formula is C29H38F2IN3O.